The number of urea groups is 1. The summed E-state index contributed by atoms with van der Waals surface area (Å²) in [6, 6.07) is -0.343. The van der Waals surface area contributed by atoms with Crippen LogP contribution in [0.15, 0.2) is 0 Å². The smallest absolute Gasteiger partial charge is 0.323 e. The molecule has 3 amide bonds. The number of carbonyl (C=O) groups excluding carboxylic acids is 2. The predicted octanol–water partition coefficient (Wildman–Crippen LogP) is -0.463. The Morgan fingerprint density at radius 3 is 2.46 bits per heavy atom. The number of carbonyl (C=O) groups is 2. The number of sulfone groups is 1. The van der Waals surface area contributed by atoms with Gasteiger partial charge in [-0.15, -0.1) is 0 Å². The van der Waals surface area contributed by atoms with Crippen molar-refractivity contribution in [2.75, 3.05) is 24.7 Å². The summed E-state index contributed by atoms with van der Waals surface area (Å²) >= 11 is 0. The van der Waals surface area contributed by atoms with E-state index in [1.54, 1.807) is 0 Å². The molecule has 1 saturated carbocycles. The Labute approximate surface area is 143 Å². The van der Waals surface area contributed by atoms with Gasteiger partial charge in [0.05, 0.1) is 12.3 Å². The second kappa shape index (κ2) is 6.29. The van der Waals surface area contributed by atoms with E-state index in [0.29, 0.717) is 31.7 Å². The van der Waals surface area contributed by atoms with Crippen molar-refractivity contribution >= 4 is 21.8 Å². The monoisotopic (exact) mass is 358 g/mol. The van der Waals surface area contributed by atoms with Gasteiger partial charge in [-0.3, -0.25) is 4.79 Å². The van der Waals surface area contributed by atoms with Crippen LogP contribution in [0.3, 0.4) is 0 Å². The lowest BCUT2D eigenvalue weighted by Crippen LogP contribution is -3.17. The summed E-state index contributed by atoms with van der Waals surface area (Å²) in [5.41, 5.74) is -0.718. The second-order valence-corrected chi connectivity index (χ2v) is 9.93. The van der Waals surface area contributed by atoms with Gasteiger partial charge in [0.25, 0.3) is 5.91 Å². The van der Waals surface area contributed by atoms with Crippen molar-refractivity contribution < 1.29 is 22.9 Å². The average molecular weight is 358 g/mol. The molecule has 2 N–H and O–H groups in total. The third kappa shape index (κ3) is 3.18. The molecule has 8 heteroatoms. The highest BCUT2D eigenvalue weighted by atomic mass is 32.2. The lowest BCUT2D eigenvalue weighted by atomic mass is 9.77. The van der Waals surface area contributed by atoms with E-state index in [1.165, 1.54) is 4.90 Å². The van der Waals surface area contributed by atoms with Crippen molar-refractivity contribution in [3.05, 3.63) is 0 Å². The summed E-state index contributed by atoms with van der Waals surface area (Å²) in [5, 5.41) is 2.93. The zero-order chi connectivity index (χ0) is 17.5. The maximum Gasteiger partial charge on any atom is 0.329 e. The Kier molecular flexibility index (Phi) is 4.63. The highest BCUT2D eigenvalue weighted by Crippen LogP contribution is 2.35. The standard InChI is InChI=1S/C16H27N3O4S/c1-3-18(13-6-9-24(22,23)10-13)11-19-14(20)16(17-15(19)21)7-4-12(2)5-8-16/h12-13H,3-11H2,1-2H3,(H,17,21)/p+1/t12?,13-,16?/m1/s1. The molecule has 2 atom stereocenters. The Balaban J connectivity index is 1.70. The molecule has 24 heavy (non-hydrogen) atoms. The fourth-order valence-electron chi connectivity index (χ4n) is 4.26. The van der Waals surface area contributed by atoms with Crippen LogP contribution in [-0.4, -0.2) is 61.6 Å². The molecule has 3 fully saturated rings. The van der Waals surface area contributed by atoms with Gasteiger partial charge >= 0.3 is 6.03 Å². The van der Waals surface area contributed by atoms with Gasteiger partial charge in [-0.05, 0) is 38.5 Å². The fraction of sp³-hybridized carbons (Fsp3) is 0.875. The molecule has 3 aliphatic rings. The van der Waals surface area contributed by atoms with Crippen molar-refractivity contribution in [2.24, 2.45) is 5.92 Å². The molecule has 7 nitrogen and oxygen atoms in total. The van der Waals surface area contributed by atoms with Crippen LogP contribution >= 0.6 is 0 Å². The molecule has 2 heterocycles. The largest absolute Gasteiger partial charge is 0.329 e. The van der Waals surface area contributed by atoms with Crippen LogP contribution in [0.1, 0.15) is 46.0 Å². The van der Waals surface area contributed by atoms with E-state index in [0.717, 1.165) is 17.7 Å². The van der Waals surface area contributed by atoms with Crippen molar-refractivity contribution in [3.63, 3.8) is 0 Å². The van der Waals surface area contributed by atoms with Gasteiger partial charge in [-0.25, -0.2) is 18.1 Å². The summed E-state index contributed by atoms with van der Waals surface area (Å²) in [6.45, 7) is 5.10. The predicted molar refractivity (Wildman–Crippen MR) is 89.2 cm³/mol. The number of hydrogen-bond donors (Lipinski definition) is 2. The first kappa shape index (κ1) is 17.7. The third-order valence-corrected chi connectivity index (χ3v) is 7.77. The molecule has 0 radical (unpaired) electrons. The molecule has 136 valence electrons. The van der Waals surface area contributed by atoms with Crippen molar-refractivity contribution in [3.8, 4) is 0 Å². The topological polar surface area (TPSA) is 88.0 Å². The van der Waals surface area contributed by atoms with Crippen molar-refractivity contribution in [1.29, 1.82) is 0 Å². The van der Waals surface area contributed by atoms with Crippen LogP contribution in [0.2, 0.25) is 0 Å². The minimum absolute atomic E-state index is 0.0245. The maximum atomic E-state index is 12.9. The van der Waals surface area contributed by atoms with E-state index in [1.807, 2.05) is 6.92 Å². The first-order valence-electron chi connectivity index (χ1n) is 8.95. The number of rotatable bonds is 4. The third-order valence-electron chi connectivity index (χ3n) is 6.00. The van der Waals surface area contributed by atoms with E-state index in [4.69, 9.17) is 0 Å². The molecule has 2 aliphatic heterocycles. The van der Waals surface area contributed by atoms with Gasteiger partial charge in [-0.1, -0.05) is 6.92 Å². The van der Waals surface area contributed by atoms with E-state index < -0.39 is 15.4 Å². The highest BCUT2D eigenvalue weighted by molar-refractivity contribution is 7.91. The van der Waals surface area contributed by atoms with E-state index in [-0.39, 0.29) is 36.2 Å². The summed E-state index contributed by atoms with van der Waals surface area (Å²) in [5.74, 6) is 0.841. The summed E-state index contributed by atoms with van der Waals surface area (Å²) in [6.07, 6.45) is 3.91. The number of imide groups is 1. The molecule has 3 rings (SSSR count). The first-order chi connectivity index (χ1) is 11.3. The number of quaternary nitrogens is 1. The molecule has 0 aromatic heterocycles. The summed E-state index contributed by atoms with van der Waals surface area (Å²) in [4.78, 5) is 27.6. The van der Waals surface area contributed by atoms with Crippen LogP contribution in [0.5, 0.6) is 0 Å². The molecule has 2 saturated heterocycles. The van der Waals surface area contributed by atoms with Crippen LogP contribution in [-0.2, 0) is 14.6 Å². The molecule has 0 bridgehead atoms. The SMILES string of the molecule is CC[NH+](CN1C(=O)NC2(CCC(C)CC2)C1=O)[C@@H]1CCS(=O)(=O)C1. The molecule has 1 spiro atoms. The zero-order valence-electron chi connectivity index (χ0n) is 14.5. The van der Waals surface area contributed by atoms with Gasteiger partial charge in [0.2, 0.25) is 0 Å². The zero-order valence-corrected chi connectivity index (χ0v) is 15.3. The maximum absolute atomic E-state index is 12.9. The average Bonchev–Trinajstić information content (AvgIpc) is 2.99. The second-order valence-electron chi connectivity index (χ2n) is 7.70. The normalized spacial score (nSPS) is 37.0. The quantitative estimate of drug-likeness (QED) is 0.666. The lowest BCUT2D eigenvalue weighted by molar-refractivity contribution is -0.927. The molecule has 1 aliphatic carbocycles. The fourth-order valence-corrected chi connectivity index (χ4v) is 6.09. The first-order valence-corrected chi connectivity index (χ1v) is 10.8. The Morgan fingerprint density at radius 2 is 1.92 bits per heavy atom. The number of hydrogen-bond acceptors (Lipinski definition) is 4. The van der Waals surface area contributed by atoms with Crippen LogP contribution in [0.25, 0.3) is 0 Å². The van der Waals surface area contributed by atoms with E-state index in [2.05, 4.69) is 12.2 Å². The Hall–Kier alpha value is -1.15. The van der Waals surface area contributed by atoms with Crippen LogP contribution in [0, 0.1) is 5.92 Å². The molecular formula is C16H28N3O4S+. The van der Waals surface area contributed by atoms with E-state index >= 15 is 0 Å². The number of amides is 3. The van der Waals surface area contributed by atoms with Crippen LogP contribution in [0.4, 0.5) is 4.79 Å². The molecule has 1 unspecified atom stereocenters. The van der Waals surface area contributed by atoms with Gasteiger partial charge in [0.1, 0.15) is 17.3 Å². The molecule has 0 aromatic carbocycles. The summed E-state index contributed by atoms with van der Waals surface area (Å²) in [7, 11) is -2.97. The van der Waals surface area contributed by atoms with Crippen LogP contribution < -0.4 is 10.2 Å². The Morgan fingerprint density at radius 1 is 1.25 bits per heavy atom. The molecule has 0 aromatic rings. The van der Waals surface area contributed by atoms with Gasteiger partial charge < -0.3 is 10.2 Å². The van der Waals surface area contributed by atoms with Gasteiger partial charge in [-0.2, -0.15) is 0 Å². The lowest BCUT2D eigenvalue weighted by Gasteiger charge is -2.34. The molecular weight excluding hydrogens is 330 g/mol. The number of nitrogens with one attached hydrogen (secondary N) is 2. The Bertz CT molecular complexity index is 625. The minimum Gasteiger partial charge on any atom is -0.323 e. The van der Waals surface area contributed by atoms with Crippen molar-refractivity contribution in [2.45, 2.75) is 57.5 Å². The van der Waals surface area contributed by atoms with Gasteiger partial charge in [0, 0.05) is 6.42 Å². The van der Waals surface area contributed by atoms with Crippen molar-refractivity contribution in [1.82, 2.24) is 10.2 Å². The van der Waals surface area contributed by atoms with Gasteiger partial charge in [0.15, 0.2) is 16.5 Å². The highest BCUT2D eigenvalue weighted by Gasteiger charge is 2.53. The number of nitrogens with zero attached hydrogens (tertiary/aromatic N) is 1. The minimum atomic E-state index is -2.97. The summed E-state index contributed by atoms with van der Waals surface area (Å²) < 4.78 is 23.5. The van der Waals surface area contributed by atoms with E-state index in [9.17, 15) is 18.0 Å².